The molecule has 0 atom stereocenters. The lowest BCUT2D eigenvalue weighted by Crippen LogP contribution is -2.00. The minimum Gasteiger partial charge on any atom is -0.478 e. The van der Waals surface area contributed by atoms with Gasteiger partial charge in [0, 0.05) is 16.0 Å². The Labute approximate surface area is 110 Å². The number of carbonyl (C=O) groups is 1. The summed E-state index contributed by atoms with van der Waals surface area (Å²) in [7, 11) is 0. The van der Waals surface area contributed by atoms with Gasteiger partial charge in [0.2, 0.25) is 0 Å². The molecule has 2 aromatic rings. The Morgan fingerprint density at radius 2 is 2.00 bits per heavy atom. The van der Waals surface area contributed by atoms with Gasteiger partial charge < -0.3 is 9.52 Å². The molecule has 0 radical (unpaired) electrons. The molecule has 4 heteroatoms. The van der Waals surface area contributed by atoms with Crippen LogP contribution in [0.3, 0.4) is 0 Å². The maximum Gasteiger partial charge on any atom is 0.339 e. The molecule has 18 heavy (non-hydrogen) atoms. The summed E-state index contributed by atoms with van der Waals surface area (Å²) in [5.74, 6) is -0.503. The topological polar surface area (TPSA) is 50.4 Å². The van der Waals surface area contributed by atoms with Crippen LogP contribution >= 0.6 is 11.8 Å². The van der Waals surface area contributed by atoms with E-state index in [1.807, 2.05) is 37.4 Å². The Kier molecular flexibility index (Phi) is 3.77. The number of rotatable bonds is 4. The number of carboxylic acid groups (broad SMARTS) is 1. The lowest BCUT2D eigenvalue weighted by atomic mass is 10.0. The smallest absolute Gasteiger partial charge is 0.339 e. The average Bonchev–Trinajstić information content (AvgIpc) is 2.82. The fraction of sp³-hybridized carbons (Fsp3) is 0.214. The first-order valence-electron chi connectivity index (χ1n) is 5.65. The normalized spacial score (nSPS) is 10.6. The van der Waals surface area contributed by atoms with Crippen LogP contribution < -0.4 is 0 Å². The molecule has 0 aliphatic heterocycles. The predicted octanol–water partition coefficient (Wildman–Crippen LogP) is 3.93. The quantitative estimate of drug-likeness (QED) is 0.848. The van der Waals surface area contributed by atoms with Crippen molar-refractivity contribution in [3.63, 3.8) is 0 Å². The molecule has 94 valence electrons. The first kappa shape index (κ1) is 12.8. The molecule has 1 aromatic heterocycles. The van der Waals surface area contributed by atoms with E-state index in [0.29, 0.717) is 12.2 Å². The van der Waals surface area contributed by atoms with Crippen molar-refractivity contribution in [3.8, 4) is 11.3 Å². The van der Waals surface area contributed by atoms with Gasteiger partial charge in [-0.1, -0.05) is 19.1 Å². The molecule has 0 aliphatic rings. The molecule has 0 amide bonds. The summed E-state index contributed by atoms with van der Waals surface area (Å²) >= 11 is 1.65. The number of aromatic carboxylic acids is 1. The third-order valence-electron chi connectivity index (χ3n) is 2.81. The summed E-state index contributed by atoms with van der Waals surface area (Å²) in [5.41, 5.74) is 1.80. The molecule has 0 fully saturated rings. The summed E-state index contributed by atoms with van der Waals surface area (Å²) in [6.07, 6.45) is 4.18. The second-order valence-corrected chi connectivity index (χ2v) is 4.73. The lowest BCUT2D eigenvalue weighted by Gasteiger charge is -2.02. The van der Waals surface area contributed by atoms with Gasteiger partial charge in [-0.25, -0.2) is 4.79 Å². The first-order chi connectivity index (χ1) is 8.67. The predicted molar refractivity (Wildman–Crippen MR) is 72.3 cm³/mol. The molecular formula is C14H14O3S. The molecule has 1 heterocycles. The van der Waals surface area contributed by atoms with Crippen molar-refractivity contribution in [3.05, 3.63) is 41.7 Å². The van der Waals surface area contributed by atoms with Crippen LogP contribution in [0.5, 0.6) is 0 Å². The van der Waals surface area contributed by atoms with Crippen molar-refractivity contribution in [2.45, 2.75) is 18.2 Å². The van der Waals surface area contributed by atoms with Crippen LogP contribution in [-0.4, -0.2) is 17.3 Å². The van der Waals surface area contributed by atoms with Gasteiger partial charge in [0.05, 0.1) is 6.26 Å². The van der Waals surface area contributed by atoms with E-state index in [-0.39, 0.29) is 5.56 Å². The van der Waals surface area contributed by atoms with Crippen LogP contribution in [0.25, 0.3) is 11.3 Å². The van der Waals surface area contributed by atoms with Crippen LogP contribution in [0, 0.1) is 0 Å². The fourth-order valence-corrected chi connectivity index (χ4v) is 2.25. The summed E-state index contributed by atoms with van der Waals surface area (Å²) in [4.78, 5) is 12.4. The third kappa shape index (κ3) is 2.29. The van der Waals surface area contributed by atoms with Crippen LogP contribution in [-0.2, 0) is 6.42 Å². The number of thioether (sulfide) groups is 1. The van der Waals surface area contributed by atoms with Crippen molar-refractivity contribution < 1.29 is 14.3 Å². The summed E-state index contributed by atoms with van der Waals surface area (Å²) in [6, 6.07) is 7.69. The molecule has 1 N–H and O–H groups in total. The number of aryl methyl sites for hydroxylation is 1. The van der Waals surface area contributed by atoms with E-state index in [1.54, 1.807) is 11.8 Å². The van der Waals surface area contributed by atoms with Gasteiger partial charge in [-0.3, -0.25) is 0 Å². The highest BCUT2D eigenvalue weighted by molar-refractivity contribution is 7.98. The number of carboxylic acids is 1. The molecule has 3 nitrogen and oxygen atoms in total. The van der Waals surface area contributed by atoms with E-state index < -0.39 is 5.97 Å². The Morgan fingerprint density at radius 3 is 2.50 bits per heavy atom. The van der Waals surface area contributed by atoms with Gasteiger partial charge in [0.1, 0.15) is 11.3 Å². The van der Waals surface area contributed by atoms with Crippen LogP contribution in [0.15, 0.2) is 39.8 Å². The number of furan rings is 1. The molecule has 0 saturated heterocycles. The van der Waals surface area contributed by atoms with Crippen molar-refractivity contribution in [2.24, 2.45) is 0 Å². The van der Waals surface area contributed by atoms with Gasteiger partial charge in [0.25, 0.3) is 0 Å². The van der Waals surface area contributed by atoms with E-state index in [4.69, 9.17) is 4.42 Å². The average molecular weight is 262 g/mol. The molecule has 0 bridgehead atoms. The molecule has 0 spiro atoms. The van der Waals surface area contributed by atoms with E-state index in [1.165, 1.54) is 6.26 Å². The Balaban J connectivity index is 2.49. The van der Waals surface area contributed by atoms with Crippen molar-refractivity contribution in [1.82, 2.24) is 0 Å². The highest BCUT2D eigenvalue weighted by Gasteiger charge is 2.20. The largest absolute Gasteiger partial charge is 0.478 e. The highest BCUT2D eigenvalue weighted by atomic mass is 32.2. The third-order valence-corrected chi connectivity index (χ3v) is 3.56. The number of hydrogen-bond donors (Lipinski definition) is 1. The second-order valence-electron chi connectivity index (χ2n) is 3.85. The second kappa shape index (κ2) is 5.31. The van der Waals surface area contributed by atoms with Crippen molar-refractivity contribution in [1.29, 1.82) is 0 Å². The van der Waals surface area contributed by atoms with Gasteiger partial charge in [0.15, 0.2) is 0 Å². The molecule has 0 aliphatic carbocycles. The maximum absolute atomic E-state index is 11.3. The summed E-state index contributed by atoms with van der Waals surface area (Å²) < 4.78 is 5.42. The molecule has 1 aromatic carbocycles. The first-order valence-corrected chi connectivity index (χ1v) is 6.88. The van der Waals surface area contributed by atoms with E-state index in [2.05, 4.69) is 0 Å². The number of benzene rings is 1. The van der Waals surface area contributed by atoms with E-state index >= 15 is 0 Å². The van der Waals surface area contributed by atoms with Gasteiger partial charge in [-0.15, -0.1) is 11.8 Å². The van der Waals surface area contributed by atoms with Crippen LogP contribution in [0.4, 0.5) is 0 Å². The van der Waals surface area contributed by atoms with Crippen molar-refractivity contribution >= 4 is 17.7 Å². The van der Waals surface area contributed by atoms with Gasteiger partial charge in [-0.05, 0) is 24.8 Å². The molecular weight excluding hydrogens is 248 g/mol. The maximum atomic E-state index is 11.3. The van der Waals surface area contributed by atoms with Gasteiger partial charge >= 0.3 is 5.97 Å². The molecule has 0 unspecified atom stereocenters. The minimum atomic E-state index is -0.940. The van der Waals surface area contributed by atoms with Gasteiger partial charge in [-0.2, -0.15) is 0 Å². The van der Waals surface area contributed by atoms with Crippen LogP contribution in [0.1, 0.15) is 22.8 Å². The summed E-state index contributed by atoms with van der Waals surface area (Å²) in [5, 5.41) is 9.26. The van der Waals surface area contributed by atoms with Crippen LogP contribution in [0.2, 0.25) is 0 Å². The Morgan fingerprint density at radius 1 is 1.33 bits per heavy atom. The number of hydrogen-bond acceptors (Lipinski definition) is 3. The minimum absolute atomic E-state index is 0.273. The zero-order valence-electron chi connectivity index (χ0n) is 10.3. The SMILES string of the molecule is CCc1coc(-c2ccc(SC)cc2)c1C(=O)O. The fourth-order valence-electron chi connectivity index (χ4n) is 1.84. The summed E-state index contributed by atoms with van der Waals surface area (Å²) in [6.45, 7) is 1.91. The zero-order chi connectivity index (χ0) is 13.1. The van der Waals surface area contributed by atoms with E-state index in [9.17, 15) is 9.90 Å². The highest BCUT2D eigenvalue weighted by Crippen LogP contribution is 2.30. The molecule has 0 saturated carbocycles. The Hall–Kier alpha value is -1.68. The van der Waals surface area contributed by atoms with Crippen molar-refractivity contribution in [2.75, 3.05) is 6.26 Å². The lowest BCUT2D eigenvalue weighted by molar-refractivity contribution is 0.0696. The Bertz CT molecular complexity index is 555. The molecule has 2 rings (SSSR count). The monoisotopic (exact) mass is 262 g/mol. The standard InChI is InChI=1S/C14H14O3S/c1-3-9-8-17-13(12(9)14(15)16)10-4-6-11(18-2)7-5-10/h4-8H,3H2,1-2H3,(H,15,16). The zero-order valence-corrected chi connectivity index (χ0v) is 11.1. The van der Waals surface area contributed by atoms with E-state index in [0.717, 1.165) is 16.0 Å².